The normalized spacial score (nSPS) is 13.1. The second-order valence-electron chi connectivity index (χ2n) is 4.19. The van der Waals surface area contributed by atoms with E-state index in [-0.39, 0.29) is 6.10 Å². The van der Waals surface area contributed by atoms with E-state index in [2.05, 4.69) is 20.8 Å². The largest absolute Gasteiger partial charge is 0.393 e. The molecule has 0 saturated carbocycles. The predicted molar refractivity (Wildman–Crippen MR) is 72.0 cm³/mol. The molecule has 0 saturated heterocycles. The average molecular weight is 307 g/mol. The van der Waals surface area contributed by atoms with Crippen LogP contribution in [-0.4, -0.2) is 36.8 Å². The van der Waals surface area contributed by atoms with Gasteiger partial charge in [-0.15, -0.1) is 0 Å². The van der Waals surface area contributed by atoms with Gasteiger partial charge in [-0.25, -0.2) is 0 Å². The van der Waals surface area contributed by atoms with Gasteiger partial charge in [0.2, 0.25) is 0 Å². The molecule has 0 spiro atoms. The van der Waals surface area contributed by atoms with Crippen molar-refractivity contribution >= 4 is 27.5 Å². The summed E-state index contributed by atoms with van der Waals surface area (Å²) < 4.78 is 0.962. The van der Waals surface area contributed by atoms with Crippen LogP contribution in [0.1, 0.15) is 12.0 Å². The molecule has 0 heterocycles. The van der Waals surface area contributed by atoms with Crippen molar-refractivity contribution in [3.05, 3.63) is 33.3 Å². The maximum atomic E-state index is 9.85. The van der Waals surface area contributed by atoms with Crippen LogP contribution in [0.15, 0.2) is 22.7 Å². The molecule has 1 atom stereocenters. The highest BCUT2D eigenvalue weighted by Crippen LogP contribution is 2.22. The van der Waals surface area contributed by atoms with E-state index in [4.69, 9.17) is 11.6 Å². The fourth-order valence-electron chi connectivity index (χ4n) is 1.45. The molecule has 1 unspecified atom stereocenters. The molecule has 16 heavy (non-hydrogen) atoms. The summed E-state index contributed by atoms with van der Waals surface area (Å²) in [5, 5.41) is 10.6. The minimum absolute atomic E-state index is 0.332. The summed E-state index contributed by atoms with van der Waals surface area (Å²) in [6.07, 6.45) is 1.04. The third-order valence-electron chi connectivity index (χ3n) is 2.38. The summed E-state index contributed by atoms with van der Waals surface area (Å²) in [5.41, 5.74) is 0.996. The number of halogens is 2. The van der Waals surface area contributed by atoms with E-state index in [1.165, 1.54) is 0 Å². The molecule has 2 nitrogen and oxygen atoms in total. The zero-order chi connectivity index (χ0) is 12.1. The van der Waals surface area contributed by atoms with Crippen LogP contribution in [0, 0.1) is 0 Å². The third kappa shape index (κ3) is 4.83. The van der Waals surface area contributed by atoms with E-state index in [1.54, 1.807) is 0 Å². The zero-order valence-electron chi connectivity index (χ0n) is 9.58. The Morgan fingerprint density at radius 2 is 2.12 bits per heavy atom. The molecular weight excluding hydrogens is 289 g/mol. The number of hydrogen-bond acceptors (Lipinski definition) is 2. The summed E-state index contributed by atoms with van der Waals surface area (Å²) in [7, 11) is 4.00. The highest BCUT2D eigenvalue weighted by atomic mass is 79.9. The van der Waals surface area contributed by atoms with Crippen molar-refractivity contribution in [2.45, 2.75) is 18.9 Å². The Hall–Kier alpha value is -0.0900. The minimum atomic E-state index is -0.332. The molecule has 90 valence electrons. The molecule has 1 aromatic carbocycles. The highest BCUT2D eigenvalue weighted by molar-refractivity contribution is 9.10. The number of rotatable bonds is 5. The summed E-state index contributed by atoms with van der Waals surface area (Å²) in [6.45, 7) is 0.884. The van der Waals surface area contributed by atoms with Crippen molar-refractivity contribution in [2.24, 2.45) is 0 Å². The van der Waals surface area contributed by atoms with Crippen LogP contribution in [0.4, 0.5) is 0 Å². The molecule has 0 bridgehead atoms. The lowest BCUT2D eigenvalue weighted by Gasteiger charge is -2.15. The van der Waals surface area contributed by atoms with E-state index >= 15 is 0 Å². The van der Waals surface area contributed by atoms with E-state index in [0.29, 0.717) is 11.4 Å². The average Bonchev–Trinajstić information content (AvgIpc) is 2.19. The summed E-state index contributed by atoms with van der Waals surface area (Å²) in [5.74, 6) is 0. The van der Waals surface area contributed by atoms with Gasteiger partial charge < -0.3 is 10.0 Å². The molecule has 1 N–H and O–H groups in total. The monoisotopic (exact) mass is 305 g/mol. The van der Waals surface area contributed by atoms with E-state index in [9.17, 15) is 5.11 Å². The van der Waals surface area contributed by atoms with Gasteiger partial charge in [0.15, 0.2) is 0 Å². The molecule has 4 heteroatoms. The Balaban J connectivity index is 2.52. The van der Waals surface area contributed by atoms with Crippen LogP contribution in [-0.2, 0) is 6.42 Å². The lowest BCUT2D eigenvalue weighted by molar-refractivity contribution is 0.152. The SMILES string of the molecule is CN(C)CCC(O)Cc1ccc(Br)cc1Cl. The molecule has 0 aliphatic carbocycles. The van der Waals surface area contributed by atoms with Crippen molar-refractivity contribution in [1.82, 2.24) is 4.90 Å². The molecule has 0 aliphatic rings. The van der Waals surface area contributed by atoms with Crippen LogP contribution in [0.3, 0.4) is 0 Å². The number of benzene rings is 1. The second-order valence-corrected chi connectivity index (χ2v) is 5.51. The van der Waals surface area contributed by atoms with Gasteiger partial charge in [0.1, 0.15) is 0 Å². The first kappa shape index (κ1) is 14.0. The molecule has 0 radical (unpaired) electrons. The number of hydrogen-bond donors (Lipinski definition) is 1. The molecule has 0 aliphatic heterocycles. The Labute approximate surface area is 110 Å². The highest BCUT2D eigenvalue weighted by Gasteiger charge is 2.09. The standard InChI is InChI=1S/C12H17BrClNO/c1-15(2)6-5-11(16)7-9-3-4-10(13)8-12(9)14/h3-4,8,11,16H,5-7H2,1-2H3. The first-order valence-corrected chi connectivity index (χ1v) is 6.43. The first-order chi connectivity index (χ1) is 7.49. The fourth-order valence-corrected chi connectivity index (χ4v) is 2.20. The Morgan fingerprint density at radius 1 is 1.44 bits per heavy atom. The topological polar surface area (TPSA) is 23.5 Å². The van der Waals surface area contributed by atoms with Gasteiger partial charge >= 0.3 is 0 Å². The Kier molecular flexibility index (Phi) is 5.76. The van der Waals surface area contributed by atoms with Crippen molar-refractivity contribution in [3.63, 3.8) is 0 Å². The molecule has 0 fully saturated rings. The van der Waals surface area contributed by atoms with E-state index in [1.807, 2.05) is 32.3 Å². The Bertz CT molecular complexity index is 344. The molecule has 1 rings (SSSR count). The number of aliphatic hydroxyl groups is 1. The maximum Gasteiger partial charge on any atom is 0.0593 e. The third-order valence-corrected chi connectivity index (χ3v) is 3.23. The Morgan fingerprint density at radius 3 is 2.69 bits per heavy atom. The van der Waals surface area contributed by atoms with Crippen LogP contribution >= 0.6 is 27.5 Å². The van der Waals surface area contributed by atoms with Crippen molar-refractivity contribution < 1.29 is 5.11 Å². The summed E-state index contributed by atoms with van der Waals surface area (Å²) in [4.78, 5) is 2.06. The smallest absolute Gasteiger partial charge is 0.0593 e. The fraction of sp³-hybridized carbons (Fsp3) is 0.500. The van der Waals surface area contributed by atoms with Gasteiger partial charge in [-0.3, -0.25) is 0 Å². The second kappa shape index (κ2) is 6.60. The molecular formula is C12H17BrClNO. The van der Waals surface area contributed by atoms with Crippen molar-refractivity contribution in [2.75, 3.05) is 20.6 Å². The van der Waals surface area contributed by atoms with Gasteiger partial charge in [0.05, 0.1) is 6.10 Å². The van der Waals surface area contributed by atoms with Gasteiger partial charge in [-0.1, -0.05) is 33.6 Å². The van der Waals surface area contributed by atoms with Gasteiger partial charge in [0, 0.05) is 9.50 Å². The van der Waals surface area contributed by atoms with Gasteiger partial charge in [-0.05, 0) is 51.2 Å². The summed E-state index contributed by atoms with van der Waals surface area (Å²) in [6, 6.07) is 5.75. The van der Waals surface area contributed by atoms with Gasteiger partial charge in [-0.2, -0.15) is 0 Å². The summed E-state index contributed by atoms with van der Waals surface area (Å²) >= 11 is 9.44. The minimum Gasteiger partial charge on any atom is -0.393 e. The molecule has 1 aromatic rings. The van der Waals surface area contributed by atoms with Crippen LogP contribution in [0.25, 0.3) is 0 Å². The first-order valence-electron chi connectivity index (χ1n) is 5.25. The number of aliphatic hydroxyl groups excluding tert-OH is 1. The van der Waals surface area contributed by atoms with Gasteiger partial charge in [0.25, 0.3) is 0 Å². The maximum absolute atomic E-state index is 9.85. The molecule has 0 amide bonds. The van der Waals surface area contributed by atoms with Crippen LogP contribution in [0.2, 0.25) is 5.02 Å². The predicted octanol–water partition coefficient (Wildman–Crippen LogP) is 2.96. The molecule has 0 aromatic heterocycles. The van der Waals surface area contributed by atoms with Crippen molar-refractivity contribution in [1.29, 1.82) is 0 Å². The zero-order valence-corrected chi connectivity index (χ0v) is 11.9. The lowest BCUT2D eigenvalue weighted by Crippen LogP contribution is -2.20. The van der Waals surface area contributed by atoms with Crippen LogP contribution < -0.4 is 0 Å². The quantitative estimate of drug-likeness (QED) is 0.904. The van der Waals surface area contributed by atoms with Crippen molar-refractivity contribution in [3.8, 4) is 0 Å². The lowest BCUT2D eigenvalue weighted by atomic mass is 10.1. The van der Waals surface area contributed by atoms with E-state index < -0.39 is 0 Å². The number of nitrogens with zero attached hydrogens (tertiary/aromatic N) is 1. The van der Waals surface area contributed by atoms with Crippen LogP contribution in [0.5, 0.6) is 0 Å². The van der Waals surface area contributed by atoms with E-state index in [0.717, 1.165) is 23.0 Å².